The highest BCUT2D eigenvalue weighted by atomic mass is 19.1. The lowest BCUT2D eigenvalue weighted by Gasteiger charge is -2.06. The molecule has 4 aromatic rings. The molecule has 0 amide bonds. The molecule has 0 spiro atoms. The fourth-order valence-electron chi connectivity index (χ4n) is 2.76. The predicted octanol–water partition coefficient (Wildman–Crippen LogP) is 4.93. The first kappa shape index (κ1) is 13.5. The van der Waals surface area contributed by atoms with Gasteiger partial charge in [-0.05, 0) is 39.7 Å². The molecule has 0 saturated heterocycles. The summed E-state index contributed by atoms with van der Waals surface area (Å²) in [7, 11) is 0. The van der Waals surface area contributed by atoms with Gasteiger partial charge in [0.05, 0.1) is 5.56 Å². The minimum Gasteiger partial charge on any atom is -0.227 e. The van der Waals surface area contributed by atoms with Crippen LogP contribution in [0.4, 0.5) is 4.39 Å². The van der Waals surface area contributed by atoms with Gasteiger partial charge < -0.3 is 0 Å². The molecular formula is C21H12FN. The number of halogens is 1. The molecule has 3 aromatic carbocycles. The normalized spacial score (nSPS) is 10.5. The number of hydrogen-bond acceptors (Lipinski definition) is 1. The van der Waals surface area contributed by atoms with Gasteiger partial charge >= 0.3 is 0 Å². The first-order valence-corrected chi connectivity index (χ1v) is 7.36. The Morgan fingerprint density at radius 1 is 0.739 bits per heavy atom. The molecule has 0 N–H and O–H groups in total. The van der Waals surface area contributed by atoms with E-state index in [-0.39, 0.29) is 0 Å². The van der Waals surface area contributed by atoms with Crippen LogP contribution in [0.15, 0.2) is 72.9 Å². The summed E-state index contributed by atoms with van der Waals surface area (Å²) >= 11 is 0. The van der Waals surface area contributed by atoms with Crippen LogP contribution in [-0.4, -0.2) is 4.98 Å². The predicted molar refractivity (Wildman–Crippen MR) is 91.6 cm³/mol. The summed E-state index contributed by atoms with van der Waals surface area (Å²) in [6.45, 7) is 0. The molecule has 0 unspecified atom stereocenters. The third-order valence-corrected chi connectivity index (χ3v) is 3.85. The molecule has 0 radical (unpaired) electrons. The van der Waals surface area contributed by atoms with Crippen molar-refractivity contribution >= 4 is 21.5 Å². The topological polar surface area (TPSA) is 12.9 Å². The van der Waals surface area contributed by atoms with Gasteiger partial charge in [0.2, 0.25) is 5.95 Å². The van der Waals surface area contributed by atoms with Crippen molar-refractivity contribution in [1.82, 2.24) is 4.98 Å². The zero-order chi connectivity index (χ0) is 15.6. The first-order chi connectivity index (χ1) is 11.3. The largest absolute Gasteiger partial charge is 0.228 e. The zero-order valence-corrected chi connectivity index (χ0v) is 12.3. The lowest BCUT2D eigenvalue weighted by atomic mass is 9.97. The molecule has 0 aliphatic carbocycles. The zero-order valence-electron chi connectivity index (χ0n) is 12.3. The second-order valence-corrected chi connectivity index (χ2v) is 5.29. The molecule has 1 nitrogen and oxygen atoms in total. The number of hydrogen-bond donors (Lipinski definition) is 0. The van der Waals surface area contributed by atoms with Gasteiger partial charge in [-0.25, -0.2) is 4.98 Å². The molecule has 0 saturated carbocycles. The summed E-state index contributed by atoms with van der Waals surface area (Å²) in [5.74, 6) is 5.55. The van der Waals surface area contributed by atoms with Gasteiger partial charge in [-0.15, -0.1) is 0 Å². The number of fused-ring (bicyclic) bond motifs is 2. The molecule has 0 atom stereocenters. The average Bonchev–Trinajstić information content (AvgIpc) is 2.60. The van der Waals surface area contributed by atoms with E-state index in [0.29, 0.717) is 5.56 Å². The number of benzene rings is 3. The molecule has 0 aliphatic heterocycles. The van der Waals surface area contributed by atoms with E-state index in [9.17, 15) is 4.39 Å². The van der Waals surface area contributed by atoms with Gasteiger partial charge in [-0.1, -0.05) is 60.4 Å². The lowest BCUT2D eigenvalue weighted by molar-refractivity contribution is 0.580. The fourth-order valence-corrected chi connectivity index (χ4v) is 2.76. The third-order valence-electron chi connectivity index (χ3n) is 3.85. The Labute approximate surface area is 133 Å². The Morgan fingerprint density at radius 3 is 2.04 bits per heavy atom. The average molecular weight is 297 g/mol. The van der Waals surface area contributed by atoms with Crippen molar-refractivity contribution in [2.24, 2.45) is 0 Å². The van der Waals surface area contributed by atoms with Crippen LogP contribution in [0, 0.1) is 17.8 Å². The number of pyridine rings is 1. The van der Waals surface area contributed by atoms with Crippen molar-refractivity contribution < 1.29 is 4.39 Å². The van der Waals surface area contributed by atoms with Crippen molar-refractivity contribution in [1.29, 1.82) is 0 Å². The van der Waals surface area contributed by atoms with Gasteiger partial charge in [-0.2, -0.15) is 4.39 Å². The van der Waals surface area contributed by atoms with Crippen molar-refractivity contribution in [3.05, 3.63) is 90.0 Å². The molecule has 0 aliphatic rings. The van der Waals surface area contributed by atoms with Crippen LogP contribution >= 0.6 is 0 Å². The van der Waals surface area contributed by atoms with E-state index < -0.39 is 5.95 Å². The SMILES string of the molecule is Fc1ncccc1C#Cc1c2ccccc2cc2ccccc12. The quantitative estimate of drug-likeness (QED) is 0.255. The second-order valence-electron chi connectivity index (χ2n) is 5.29. The van der Waals surface area contributed by atoms with Crippen molar-refractivity contribution in [3.63, 3.8) is 0 Å². The van der Waals surface area contributed by atoms with Crippen LogP contribution in [0.1, 0.15) is 11.1 Å². The second kappa shape index (κ2) is 5.55. The van der Waals surface area contributed by atoms with Crippen LogP contribution in [0.3, 0.4) is 0 Å². The highest BCUT2D eigenvalue weighted by Crippen LogP contribution is 2.27. The van der Waals surface area contributed by atoms with E-state index in [0.717, 1.165) is 27.1 Å². The van der Waals surface area contributed by atoms with Gasteiger partial charge in [0.15, 0.2) is 0 Å². The highest BCUT2D eigenvalue weighted by Gasteiger charge is 2.05. The Morgan fingerprint density at radius 2 is 1.39 bits per heavy atom. The Balaban J connectivity index is 2.03. The van der Waals surface area contributed by atoms with Crippen LogP contribution in [0.5, 0.6) is 0 Å². The van der Waals surface area contributed by atoms with Crippen molar-refractivity contribution in [2.45, 2.75) is 0 Å². The van der Waals surface area contributed by atoms with Crippen molar-refractivity contribution in [3.8, 4) is 11.8 Å². The Kier molecular flexibility index (Phi) is 3.25. The maximum atomic E-state index is 13.7. The molecule has 108 valence electrons. The standard InChI is InChI=1S/C21H12FN/c22-21-15(8-5-13-23-21)11-12-20-18-9-3-1-6-16(18)14-17-7-2-4-10-19(17)20/h1-10,13-14H. The minimum absolute atomic E-state index is 0.310. The van der Waals surface area contributed by atoms with Gasteiger partial charge in [0.25, 0.3) is 0 Å². The minimum atomic E-state index is -0.537. The summed E-state index contributed by atoms with van der Waals surface area (Å²) in [5, 5.41) is 4.40. The Hall–Kier alpha value is -3.18. The number of aromatic nitrogens is 1. The molecule has 1 heterocycles. The number of nitrogens with zero attached hydrogens (tertiary/aromatic N) is 1. The van der Waals surface area contributed by atoms with Gasteiger partial charge in [0.1, 0.15) is 0 Å². The van der Waals surface area contributed by atoms with Crippen LogP contribution in [-0.2, 0) is 0 Å². The summed E-state index contributed by atoms with van der Waals surface area (Å²) < 4.78 is 13.7. The summed E-state index contributed by atoms with van der Waals surface area (Å²) in [4.78, 5) is 3.65. The lowest BCUT2D eigenvalue weighted by Crippen LogP contribution is -1.88. The molecular weight excluding hydrogens is 285 g/mol. The van der Waals surface area contributed by atoms with Crippen LogP contribution in [0.25, 0.3) is 21.5 Å². The highest BCUT2D eigenvalue weighted by molar-refractivity contribution is 6.04. The van der Waals surface area contributed by atoms with Gasteiger partial charge in [-0.3, -0.25) is 0 Å². The summed E-state index contributed by atoms with van der Waals surface area (Å²) in [6.07, 6.45) is 1.42. The van der Waals surface area contributed by atoms with E-state index in [4.69, 9.17) is 0 Å². The summed E-state index contributed by atoms with van der Waals surface area (Å²) in [6, 6.07) is 21.7. The van der Waals surface area contributed by atoms with Crippen LogP contribution < -0.4 is 0 Å². The summed E-state index contributed by atoms with van der Waals surface area (Å²) in [5.41, 5.74) is 1.23. The Bertz CT molecular complexity index is 1030. The molecule has 23 heavy (non-hydrogen) atoms. The van der Waals surface area contributed by atoms with Crippen LogP contribution in [0.2, 0.25) is 0 Å². The van der Waals surface area contributed by atoms with Gasteiger partial charge in [0, 0.05) is 11.8 Å². The molecule has 0 bridgehead atoms. The van der Waals surface area contributed by atoms with E-state index in [1.807, 2.05) is 36.4 Å². The maximum absolute atomic E-state index is 13.7. The van der Waals surface area contributed by atoms with Crippen molar-refractivity contribution in [2.75, 3.05) is 0 Å². The molecule has 2 heteroatoms. The van der Waals surface area contributed by atoms with E-state index in [2.05, 4.69) is 35.0 Å². The van der Waals surface area contributed by atoms with E-state index >= 15 is 0 Å². The maximum Gasteiger partial charge on any atom is 0.228 e. The van der Waals surface area contributed by atoms with E-state index in [1.54, 1.807) is 12.1 Å². The number of rotatable bonds is 0. The molecule has 4 rings (SSSR count). The monoisotopic (exact) mass is 297 g/mol. The smallest absolute Gasteiger partial charge is 0.227 e. The molecule has 0 fully saturated rings. The third kappa shape index (κ3) is 2.43. The first-order valence-electron chi connectivity index (χ1n) is 7.36. The fraction of sp³-hybridized carbons (Fsp3) is 0. The molecule has 1 aromatic heterocycles. The van der Waals surface area contributed by atoms with E-state index in [1.165, 1.54) is 6.20 Å².